The zero-order chi connectivity index (χ0) is 21.0. The van der Waals surface area contributed by atoms with E-state index >= 15 is 0 Å². The number of β-amino-alcohol motifs (C(OH)–C–C–N with tert-alkyl or cyclic N) is 1. The van der Waals surface area contributed by atoms with Gasteiger partial charge >= 0.3 is 51.4 Å². The third-order valence-electron chi connectivity index (χ3n) is 4.55. The van der Waals surface area contributed by atoms with E-state index in [9.17, 15) is 19.8 Å². The SMILES string of the molecule is CCCN1C(=O)/C(=C\C=C2/Oc3ccccc3N2CCC(=O)[O-])N(CCO)C1=S.[K+]. The van der Waals surface area contributed by atoms with E-state index in [1.54, 1.807) is 28.0 Å². The van der Waals surface area contributed by atoms with Crippen LogP contribution >= 0.6 is 12.2 Å². The monoisotopic (exact) mass is 455 g/mol. The van der Waals surface area contributed by atoms with Gasteiger partial charge in [0.2, 0.25) is 5.88 Å². The Hall–Kier alpha value is -1.27. The van der Waals surface area contributed by atoms with Crippen molar-refractivity contribution < 1.29 is 75.9 Å². The van der Waals surface area contributed by atoms with Gasteiger partial charge in [0.05, 0.1) is 12.3 Å². The van der Waals surface area contributed by atoms with Crippen molar-refractivity contribution >= 4 is 34.9 Å². The molecular formula is C20H22KN3O5S. The first kappa shape index (κ1) is 25.0. The Labute approximate surface area is 223 Å². The van der Waals surface area contributed by atoms with Crippen molar-refractivity contribution in [1.29, 1.82) is 0 Å². The van der Waals surface area contributed by atoms with Crippen LogP contribution in [-0.2, 0) is 9.59 Å². The summed E-state index contributed by atoms with van der Waals surface area (Å²) in [5.41, 5.74) is 1.08. The third kappa shape index (κ3) is 5.31. The molecule has 0 atom stereocenters. The number of anilines is 1. The number of para-hydroxylation sites is 2. The van der Waals surface area contributed by atoms with Gasteiger partial charge in [0.15, 0.2) is 10.9 Å². The Kier molecular flexibility index (Phi) is 9.48. The average Bonchev–Trinajstić information content (AvgIpc) is 3.16. The molecule has 154 valence electrons. The Morgan fingerprint density at radius 2 is 1.90 bits per heavy atom. The van der Waals surface area contributed by atoms with E-state index in [0.717, 1.165) is 12.1 Å². The standard InChI is InChI=1S/C20H23N3O5S.K/c1-2-10-23-19(27)15(22(12-13-24)20(23)29)7-8-17-21(11-9-18(25)26)14-5-3-4-6-16(14)28-17;/h3-8,24H,2,9-13H2,1H3,(H,25,26);/q;+1/p-1/b15-7+,17-8-;. The molecule has 10 heteroatoms. The molecule has 2 aliphatic heterocycles. The number of ether oxygens (including phenoxy) is 1. The number of benzene rings is 1. The van der Waals surface area contributed by atoms with Gasteiger partial charge in [0.1, 0.15) is 5.70 Å². The van der Waals surface area contributed by atoms with E-state index in [1.807, 2.05) is 25.1 Å². The number of nitrogens with zero attached hydrogens (tertiary/aromatic N) is 3. The number of hydrogen-bond acceptors (Lipinski definition) is 7. The molecule has 0 unspecified atom stereocenters. The van der Waals surface area contributed by atoms with Crippen molar-refractivity contribution in [2.75, 3.05) is 31.1 Å². The number of hydrogen-bond donors (Lipinski definition) is 1. The maximum absolute atomic E-state index is 12.8. The molecule has 1 aromatic rings. The number of amides is 1. The van der Waals surface area contributed by atoms with Crippen molar-refractivity contribution in [3.05, 3.63) is 48.0 Å². The van der Waals surface area contributed by atoms with Crippen LogP contribution in [0.15, 0.2) is 48.0 Å². The number of carbonyl (C=O) groups is 2. The zero-order valence-electron chi connectivity index (χ0n) is 17.0. The molecule has 2 heterocycles. The number of fused-ring (bicyclic) bond motifs is 1. The van der Waals surface area contributed by atoms with E-state index in [4.69, 9.17) is 17.0 Å². The van der Waals surface area contributed by atoms with E-state index in [-0.39, 0.29) is 83.4 Å². The molecule has 0 saturated carbocycles. The van der Waals surface area contributed by atoms with Crippen LogP contribution < -0.4 is 66.1 Å². The van der Waals surface area contributed by atoms with Crippen molar-refractivity contribution in [1.82, 2.24) is 9.80 Å². The van der Waals surface area contributed by atoms with E-state index in [0.29, 0.717) is 29.0 Å². The van der Waals surface area contributed by atoms with Crippen LogP contribution in [0.3, 0.4) is 0 Å². The molecule has 1 aromatic carbocycles. The molecule has 1 N–H and O–H groups in total. The van der Waals surface area contributed by atoms with Crippen molar-refractivity contribution in [3.63, 3.8) is 0 Å². The van der Waals surface area contributed by atoms with Gasteiger partial charge in [-0.15, -0.1) is 0 Å². The summed E-state index contributed by atoms with van der Waals surface area (Å²) < 4.78 is 5.85. The Morgan fingerprint density at radius 1 is 1.17 bits per heavy atom. The fourth-order valence-corrected chi connectivity index (χ4v) is 3.61. The van der Waals surface area contributed by atoms with Gasteiger partial charge in [-0.2, -0.15) is 0 Å². The van der Waals surface area contributed by atoms with Crippen LogP contribution in [-0.4, -0.2) is 58.1 Å². The summed E-state index contributed by atoms with van der Waals surface area (Å²) in [5, 5.41) is 20.6. The summed E-state index contributed by atoms with van der Waals surface area (Å²) in [6.45, 7) is 2.67. The minimum atomic E-state index is -1.16. The molecule has 30 heavy (non-hydrogen) atoms. The van der Waals surface area contributed by atoms with Crippen molar-refractivity contribution in [3.8, 4) is 5.75 Å². The van der Waals surface area contributed by atoms with Crippen LogP contribution in [0.1, 0.15) is 19.8 Å². The van der Waals surface area contributed by atoms with E-state index in [2.05, 4.69) is 0 Å². The summed E-state index contributed by atoms with van der Waals surface area (Å²) in [6, 6.07) is 7.27. The van der Waals surface area contributed by atoms with Crippen molar-refractivity contribution in [2.24, 2.45) is 0 Å². The smallest absolute Gasteiger partial charge is 0.550 e. The second kappa shape index (κ2) is 11.4. The number of allylic oxidation sites excluding steroid dienone is 2. The maximum atomic E-state index is 12.8. The predicted molar refractivity (Wildman–Crippen MR) is 109 cm³/mol. The number of carboxylic acid groups (broad SMARTS) is 1. The number of rotatable bonds is 8. The van der Waals surface area contributed by atoms with Crippen LogP contribution in [0.2, 0.25) is 0 Å². The quantitative estimate of drug-likeness (QED) is 0.263. The molecule has 0 spiro atoms. The largest absolute Gasteiger partial charge is 1.00 e. The summed E-state index contributed by atoms with van der Waals surface area (Å²) >= 11 is 5.39. The predicted octanol–water partition coefficient (Wildman–Crippen LogP) is -2.41. The van der Waals surface area contributed by atoms with Gasteiger partial charge in [-0.1, -0.05) is 19.1 Å². The molecule has 0 bridgehead atoms. The summed E-state index contributed by atoms with van der Waals surface area (Å²) in [7, 11) is 0. The zero-order valence-corrected chi connectivity index (χ0v) is 21.0. The summed E-state index contributed by atoms with van der Waals surface area (Å²) in [5.74, 6) is -0.396. The van der Waals surface area contributed by atoms with Crippen LogP contribution in [0.4, 0.5) is 5.69 Å². The molecular weight excluding hydrogens is 433 g/mol. The van der Waals surface area contributed by atoms with Crippen LogP contribution in [0.25, 0.3) is 0 Å². The molecule has 1 fully saturated rings. The number of aliphatic hydroxyl groups excluding tert-OH is 1. The first-order valence-corrected chi connectivity index (χ1v) is 9.79. The van der Waals surface area contributed by atoms with Gasteiger partial charge in [0.25, 0.3) is 5.91 Å². The number of carboxylic acids is 1. The Morgan fingerprint density at radius 3 is 2.57 bits per heavy atom. The fraction of sp³-hybridized carbons (Fsp3) is 0.350. The topological polar surface area (TPSA) is 96.4 Å². The Balaban J connectivity index is 0.00000320. The fourth-order valence-electron chi connectivity index (χ4n) is 3.25. The van der Waals surface area contributed by atoms with E-state index in [1.165, 1.54) is 4.90 Å². The van der Waals surface area contributed by atoms with Gasteiger partial charge in [-0.3, -0.25) is 9.69 Å². The third-order valence-corrected chi connectivity index (χ3v) is 4.99. The van der Waals surface area contributed by atoms with Gasteiger partial charge in [0, 0.05) is 38.1 Å². The molecule has 1 amide bonds. The first-order valence-electron chi connectivity index (χ1n) is 9.38. The van der Waals surface area contributed by atoms with E-state index < -0.39 is 5.97 Å². The molecule has 3 rings (SSSR count). The normalized spacial score (nSPS) is 18.1. The molecule has 0 aliphatic carbocycles. The molecule has 2 aliphatic rings. The maximum Gasteiger partial charge on any atom is 1.00 e. The molecule has 1 saturated heterocycles. The summed E-state index contributed by atoms with van der Waals surface area (Å²) in [4.78, 5) is 28.5. The number of carbonyl (C=O) groups excluding carboxylic acids is 2. The molecule has 8 nitrogen and oxygen atoms in total. The Bertz CT molecular complexity index is 889. The average molecular weight is 456 g/mol. The number of aliphatic hydroxyl groups is 1. The van der Waals surface area contributed by atoms with Gasteiger partial charge < -0.3 is 29.5 Å². The number of thiocarbonyl (C=S) groups is 1. The van der Waals surface area contributed by atoms with Gasteiger partial charge in [-0.25, -0.2) is 0 Å². The van der Waals surface area contributed by atoms with Crippen LogP contribution in [0.5, 0.6) is 5.75 Å². The molecule has 0 radical (unpaired) electrons. The van der Waals surface area contributed by atoms with Gasteiger partial charge in [-0.05, 0) is 36.8 Å². The minimum Gasteiger partial charge on any atom is -0.550 e. The summed E-state index contributed by atoms with van der Waals surface area (Å²) in [6.07, 6.45) is 3.79. The first-order chi connectivity index (χ1) is 14.0. The second-order valence-corrected chi connectivity index (χ2v) is 6.88. The van der Waals surface area contributed by atoms with Crippen molar-refractivity contribution in [2.45, 2.75) is 19.8 Å². The second-order valence-electron chi connectivity index (χ2n) is 6.51. The number of aliphatic carboxylic acids is 1. The van der Waals surface area contributed by atoms with Crippen LogP contribution in [0, 0.1) is 0 Å². The minimum absolute atomic E-state index is 0. The molecule has 0 aromatic heterocycles.